The van der Waals surface area contributed by atoms with Crippen LogP contribution in [0.25, 0.3) is 10.1 Å². The van der Waals surface area contributed by atoms with Crippen molar-refractivity contribution in [3.8, 4) is 0 Å². The van der Waals surface area contributed by atoms with Crippen molar-refractivity contribution >= 4 is 27.4 Å². The molecule has 3 rings (SSSR count). The average molecular weight is 375 g/mol. The average Bonchev–Trinajstić information content (AvgIpc) is 3.28. The smallest absolute Gasteiger partial charge is 0.303 e. The van der Waals surface area contributed by atoms with Crippen LogP contribution in [0.2, 0.25) is 0 Å². The lowest BCUT2D eigenvalue weighted by Gasteiger charge is -2.06. The van der Waals surface area contributed by atoms with Crippen LogP contribution >= 0.6 is 11.3 Å². The molecule has 0 aliphatic heterocycles. The Bertz CT molecular complexity index is 607. The Balaban J connectivity index is 0.000000232. The summed E-state index contributed by atoms with van der Waals surface area (Å²) in [5.74, 6) is 0.371. The molecule has 144 valence electrons. The van der Waals surface area contributed by atoms with Gasteiger partial charge in [-0.15, -0.1) is 11.3 Å². The number of rotatable bonds is 9. The molecule has 1 N–H and O–H groups in total. The lowest BCUT2D eigenvalue weighted by molar-refractivity contribution is -0.137. The summed E-state index contributed by atoms with van der Waals surface area (Å²) in [6.07, 6.45) is 14.6. The number of carboxylic acid groups (broad SMARTS) is 1. The van der Waals surface area contributed by atoms with Gasteiger partial charge in [0.2, 0.25) is 0 Å². The Hall–Kier alpha value is -1.35. The van der Waals surface area contributed by atoms with Gasteiger partial charge in [-0.25, -0.2) is 0 Å². The van der Waals surface area contributed by atoms with Crippen molar-refractivity contribution < 1.29 is 9.90 Å². The van der Waals surface area contributed by atoms with E-state index < -0.39 is 5.97 Å². The van der Waals surface area contributed by atoms with E-state index in [1.165, 1.54) is 61.5 Å². The first-order valence-electron chi connectivity index (χ1n) is 10.4. The summed E-state index contributed by atoms with van der Waals surface area (Å²) in [6, 6.07) is 11.1. The number of carbonyl (C=O) groups is 1. The van der Waals surface area contributed by atoms with E-state index in [4.69, 9.17) is 5.11 Å². The molecule has 0 unspecified atom stereocenters. The molecule has 2 aromatic rings. The fourth-order valence-electron chi connectivity index (χ4n) is 3.73. The maximum absolute atomic E-state index is 9.96. The second-order valence-corrected chi connectivity index (χ2v) is 8.67. The largest absolute Gasteiger partial charge is 0.481 e. The zero-order valence-corrected chi connectivity index (χ0v) is 17.0. The van der Waals surface area contributed by atoms with Crippen LogP contribution in [0.4, 0.5) is 0 Å². The van der Waals surface area contributed by atoms with Gasteiger partial charge in [-0.2, -0.15) is 0 Å². The molecule has 0 amide bonds. The van der Waals surface area contributed by atoms with Gasteiger partial charge in [0.25, 0.3) is 0 Å². The van der Waals surface area contributed by atoms with Crippen LogP contribution < -0.4 is 0 Å². The van der Waals surface area contributed by atoms with Crippen molar-refractivity contribution in [1.29, 1.82) is 0 Å². The highest BCUT2D eigenvalue weighted by atomic mass is 32.1. The number of carboxylic acids is 1. The highest BCUT2D eigenvalue weighted by Gasteiger charge is 2.14. The molecule has 1 aromatic heterocycles. The van der Waals surface area contributed by atoms with Crippen LogP contribution in [0.1, 0.15) is 82.4 Å². The topological polar surface area (TPSA) is 37.3 Å². The molecule has 0 bridgehead atoms. The Morgan fingerprint density at radius 1 is 1.12 bits per heavy atom. The van der Waals surface area contributed by atoms with Crippen LogP contribution in [0.15, 0.2) is 30.3 Å². The van der Waals surface area contributed by atoms with Crippen LogP contribution in [0.5, 0.6) is 0 Å². The van der Waals surface area contributed by atoms with Crippen molar-refractivity contribution in [3.05, 3.63) is 35.2 Å². The van der Waals surface area contributed by atoms with Crippen molar-refractivity contribution in [2.24, 2.45) is 5.92 Å². The number of aliphatic carboxylic acids is 1. The highest BCUT2D eigenvalue weighted by Crippen LogP contribution is 2.31. The predicted octanol–water partition coefficient (Wildman–Crippen LogP) is 7.46. The van der Waals surface area contributed by atoms with Gasteiger partial charge >= 0.3 is 5.97 Å². The molecule has 1 heterocycles. The molecular weight excluding hydrogens is 340 g/mol. The first-order chi connectivity index (χ1) is 12.7. The van der Waals surface area contributed by atoms with E-state index >= 15 is 0 Å². The second kappa shape index (κ2) is 12.1. The van der Waals surface area contributed by atoms with Gasteiger partial charge in [0.05, 0.1) is 0 Å². The fourth-order valence-corrected chi connectivity index (χ4v) is 4.83. The molecule has 3 heteroatoms. The predicted molar refractivity (Wildman–Crippen MR) is 113 cm³/mol. The molecule has 0 radical (unpaired) electrons. The molecule has 1 fully saturated rings. The number of thiophene rings is 1. The van der Waals surface area contributed by atoms with E-state index in [1.54, 1.807) is 4.88 Å². The SMILES string of the molecule is CCCCCCC(=O)O.c1ccc2sc(CCCC3CCCC3)cc2c1. The quantitative estimate of drug-likeness (QED) is 0.463. The summed E-state index contributed by atoms with van der Waals surface area (Å²) in [5.41, 5.74) is 0. The molecule has 1 aliphatic carbocycles. The minimum Gasteiger partial charge on any atom is -0.481 e. The number of unbranched alkanes of at least 4 members (excludes halogenated alkanes) is 3. The lowest BCUT2D eigenvalue weighted by Crippen LogP contribution is -1.93. The molecule has 26 heavy (non-hydrogen) atoms. The summed E-state index contributed by atoms with van der Waals surface area (Å²) in [6.45, 7) is 2.11. The molecule has 0 saturated heterocycles. The van der Waals surface area contributed by atoms with E-state index in [0.717, 1.165) is 25.2 Å². The number of benzene rings is 1. The van der Waals surface area contributed by atoms with E-state index in [1.807, 2.05) is 11.3 Å². The van der Waals surface area contributed by atoms with Gasteiger partial charge in [-0.1, -0.05) is 76.5 Å². The Morgan fingerprint density at radius 2 is 1.88 bits per heavy atom. The zero-order valence-electron chi connectivity index (χ0n) is 16.2. The summed E-state index contributed by atoms with van der Waals surface area (Å²) in [7, 11) is 0. The van der Waals surface area contributed by atoms with Gasteiger partial charge in [-0.05, 0) is 42.7 Å². The molecule has 0 atom stereocenters. The van der Waals surface area contributed by atoms with Crippen molar-refractivity contribution in [1.82, 2.24) is 0 Å². The zero-order chi connectivity index (χ0) is 18.6. The maximum Gasteiger partial charge on any atom is 0.303 e. The number of hydrogen-bond acceptors (Lipinski definition) is 2. The minimum absolute atomic E-state index is 0.333. The molecule has 1 saturated carbocycles. The van der Waals surface area contributed by atoms with E-state index in [2.05, 4.69) is 37.3 Å². The summed E-state index contributed by atoms with van der Waals surface area (Å²) in [5, 5.41) is 9.64. The molecule has 1 aromatic carbocycles. The summed E-state index contributed by atoms with van der Waals surface area (Å²) < 4.78 is 1.45. The monoisotopic (exact) mass is 374 g/mol. The number of aryl methyl sites for hydroxylation is 1. The van der Waals surface area contributed by atoms with Crippen LogP contribution in [0, 0.1) is 5.92 Å². The fraction of sp³-hybridized carbons (Fsp3) is 0.609. The summed E-state index contributed by atoms with van der Waals surface area (Å²) >= 11 is 1.98. The van der Waals surface area contributed by atoms with Crippen LogP contribution in [-0.2, 0) is 11.2 Å². The third-order valence-electron chi connectivity index (χ3n) is 5.23. The molecule has 2 nitrogen and oxygen atoms in total. The first kappa shape index (κ1) is 21.0. The van der Waals surface area contributed by atoms with Gasteiger partial charge in [0.1, 0.15) is 0 Å². The van der Waals surface area contributed by atoms with Gasteiger partial charge in [0, 0.05) is 16.0 Å². The molecular formula is C23H34O2S. The second-order valence-electron chi connectivity index (χ2n) is 7.50. The number of hydrogen-bond donors (Lipinski definition) is 1. The molecule has 0 spiro atoms. The van der Waals surface area contributed by atoms with E-state index in [0.29, 0.717) is 6.42 Å². The van der Waals surface area contributed by atoms with E-state index in [-0.39, 0.29) is 0 Å². The van der Waals surface area contributed by atoms with Gasteiger partial charge in [-0.3, -0.25) is 4.79 Å². The maximum atomic E-state index is 9.96. The van der Waals surface area contributed by atoms with Crippen molar-refractivity contribution in [2.75, 3.05) is 0 Å². The van der Waals surface area contributed by atoms with Gasteiger partial charge < -0.3 is 5.11 Å². The standard InChI is InChI=1S/C16H20S.C7H14O2/c1-2-7-13(6-1)8-5-10-15-12-14-9-3-4-11-16(14)17-15;1-2-3-4-5-6-7(8)9/h3-4,9,11-13H,1-2,5-8,10H2;2-6H2,1H3,(H,8,9). The van der Waals surface area contributed by atoms with Crippen molar-refractivity contribution in [2.45, 2.75) is 84.0 Å². The van der Waals surface area contributed by atoms with Gasteiger partial charge in [0.15, 0.2) is 0 Å². The van der Waals surface area contributed by atoms with Crippen molar-refractivity contribution in [3.63, 3.8) is 0 Å². The lowest BCUT2D eigenvalue weighted by atomic mass is 10.0. The third kappa shape index (κ3) is 7.90. The normalized spacial score (nSPS) is 14.3. The minimum atomic E-state index is -0.675. The highest BCUT2D eigenvalue weighted by molar-refractivity contribution is 7.19. The van der Waals surface area contributed by atoms with Crippen LogP contribution in [-0.4, -0.2) is 11.1 Å². The Kier molecular flexibility index (Phi) is 9.76. The Morgan fingerprint density at radius 3 is 2.58 bits per heavy atom. The van der Waals surface area contributed by atoms with E-state index in [9.17, 15) is 4.79 Å². The molecule has 1 aliphatic rings. The number of fused-ring (bicyclic) bond motifs is 1. The summed E-state index contributed by atoms with van der Waals surface area (Å²) in [4.78, 5) is 11.5. The van der Waals surface area contributed by atoms with Crippen LogP contribution in [0.3, 0.4) is 0 Å². The Labute approximate surface area is 162 Å². The third-order valence-corrected chi connectivity index (χ3v) is 6.41. The first-order valence-corrected chi connectivity index (χ1v) is 11.2.